The van der Waals surface area contributed by atoms with E-state index in [1.54, 1.807) is 6.07 Å². The summed E-state index contributed by atoms with van der Waals surface area (Å²) in [5, 5.41) is 1.01. The molecule has 0 saturated carbocycles. The molecular formula is C16H21FN2. The number of benzene rings is 1. The molecule has 0 bridgehead atoms. The summed E-state index contributed by atoms with van der Waals surface area (Å²) in [6.45, 7) is 3.36. The molecule has 0 atom stereocenters. The highest BCUT2D eigenvalue weighted by Crippen LogP contribution is 2.22. The molecule has 0 amide bonds. The van der Waals surface area contributed by atoms with Crippen LogP contribution in [0.15, 0.2) is 24.3 Å². The van der Waals surface area contributed by atoms with Gasteiger partial charge in [-0.1, -0.05) is 12.8 Å². The fourth-order valence-corrected chi connectivity index (χ4v) is 3.05. The zero-order chi connectivity index (χ0) is 13.2. The molecule has 1 saturated heterocycles. The maximum atomic E-state index is 13.3. The van der Waals surface area contributed by atoms with Crippen LogP contribution in [0.3, 0.4) is 0 Å². The first-order valence-electron chi connectivity index (χ1n) is 7.20. The summed E-state index contributed by atoms with van der Waals surface area (Å²) in [7, 11) is 2.08. The van der Waals surface area contributed by atoms with Crippen LogP contribution in [0.25, 0.3) is 10.9 Å². The summed E-state index contributed by atoms with van der Waals surface area (Å²) >= 11 is 0. The first kappa shape index (κ1) is 12.7. The Hall–Kier alpha value is -1.35. The summed E-state index contributed by atoms with van der Waals surface area (Å²) in [6, 6.07) is 7.17. The molecule has 1 aromatic carbocycles. The minimum Gasteiger partial charge on any atom is -0.346 e. The largest absolute Gasteiger partial charge is 0.346 e. The molecule has 0 N–H and O–H groups in total. The SMILES string of the molecule is Cn1c(CN2CCCCCC2)cc2cc(F)ccc21. The van der Waals surface area contributed by atoms with Crippen molar-refractivity contribution in [3.05, 3.63) is 35.8 Å². The molecule has 3 rings (SSSR count). The maximum absolute atomic E-state index is 13.3. The van der Waals surface area contributed by atoms with Gasteiger partial charge in [0.05, 0.1) is 0 Å². The number of likely N-dealkylation sites (tertiary alicyclic amines) is 1. The van der Waals surface area contributed by atoms with Gasteiger partial charge in [-0.05, 0) is 50.2 Å². The number of aryl methyl sites for hydroxylation is 1. The van der Waals surface area contributed by atoms with Gasteiger partial charge in [0.1, 0.15) is 5.82 Å². The molecule has 102 valence electrons. The Morgan fingerprint density at radius 2 is 1.79 bits per heavy atom. The standard InChI is InChI=1S/C16H21FN2/c1-18-15(12-19-8-4-2-3-5-9-19)11-13-10-14(17)6-7-16(13)18/h6-7,10-11H,2-5,8-9,12H2,1H3. The quantitative estimate of drug-likeness (QED) is 0.799. The third kappa shape index (κ3) is 2.66. The monoisotopic (exact) mass is 260 g/mol. The van der Waals surface area contributed by atoms with E-state index in [1.807, 2.05) is 6.07 Å². The molecule has 0 unspecified atom stereocenters. The summed E-state index contributed by atoms with van der Waals surface area (Å²) in [5.74, 6) is -0.153. The number of fused-ring (bicyclic) bond motifs is 1. The van der Waals surface area contributed by atoms with Gasteiger partial charge < -0.3 is 4.57 Å². The number of hydrogen-bond donors (Lipinski definition) is 0. The van der Waals surface area contributed by atoms with E-state index in [-0.39, 0.29) is 5.82 Å². The van der Waals surface area contributed by atoms with Crippen molar-refractivity contribution in [3.63, 3.8) is 0 Å². The Morgan fingerprint density at radius 3 is 2.53 bits per heavy atom. The maximum Gasteiger partial charge on any atom is 0.123 e. The molecule has 1 aliphatic rings. The lowest BCUT2D eigenvalue weighted by Crippen LogP contribution is -2.25. The molecule has 1 aliphatic heterocycles. The van der Waals surface area contributed by atoms with Gasteiger partial charge in [-0.2, -0.15) is 0 Å². The van der Waals surface area contributed by atoms with Crippen LogP contribution in [-0.2, 0) is 13.6 Å². The van der Waals surface area contributed by atoms with Gasteiger partial charge >= 0.3 is 0 Å². The van der Waals surface area contributed by atoms with Gasteiger partial charge in [-0.15, -0.1) is 0 Å². The van der Waals surface area contributed by atoms with Crippen molar-refractivity contribution < 1.29 is 4.39 Å². The Morgan fingerprint density at radius 1 is 1.05 bits per heavy atom. The lowest BCUT2D eigenvalue weighted by atomic mass is 10.2. The Kier molecular flexibility index (Phi) is 3.56. The highest BCUT2D eigenvalue weighted by Gasteiger charge is 2.13. The van der Waals surface area contributed by atoms with Crippen LogP contribution in [0, 0.1) is 5.82 Å². The van der Waals surface area contributed by atoms with Gasteiger partial charge in [-0.3, -0.25) is 4.90 Å². The summed E-state index contributed by atoms with van der Waals surface area (Å²) in [6.07, 6.45) is 5.32. The molecule has 0 spiro atoms. The lowest BCUT2D eigenvalue weighted by Gasteiger charge is -2.20. The molecule has 2 nitrogen and oxygen atoms in total. The number of nitrogens with zero attached hydrogens (tertiary/aromatic N) is 2. The fourth-order valence-electron chi connectivity index (χ4n) is 3.05. The predicted octanol–water partition coefficient (Wildman–Crippen LogP) is 3.69. The Labute approximate surface area is 113 Å². The van der Waals surface area contributed by atoms with Crippen molar-refractivity contribution in [2.24, 2.45) is 7.05 Å². The van der Waals surface area contributed by atoms with Gasteiger partial charge in [0.15, 0.2) is 0 Å². The number of aromatic nitrogens is 1. The van der Waals surface area contributed by atoms with Crippen molar-refractivity contribution in [1.29, 1.82) is 0 Å². The second-order valence-corrected chi connectivity index (χ2v) is 5.59. The van der Waals surface area contributed by atoms with E-state index in [2.05, 4.69) is 22.6 Å². The van der Waals surface area contributed by atoms with Gasteiger partial charge in [0.2, 0.25) is 0 Å². The van der Waals surface area contributed by atoms with Crippen LogP contribution < -0.4 is 0 Å². The molecule has 3 heteroatoms. The van der Waals surface area contributed by atoms with Crippen LogP contribution in [0.4, 0.5) is 4.39 Å². The molecular weight excluding hydrogens is 239 g/mol. The molecule has 0 radical (unpaired) electrons. The highest BCUT2D eigenvalue weighted by molar-refractivity contribution is 5.81. The van der Waals surface area contributed by atoms with E-state index in [4.69, 9.17) is 0 Å². The van der Waals surface area contributed by atoms with Crippen LogP contribution >= 0.6 is 0 Å². The second kappa shape index (κ2) is 5.33. The number of hydrogen-bond acceptors (Lipinski definition) is 1. The van der Waals surface area contributed by atoms with Gasteiger partial charge in [0, 0.05) is 30.2 Å². The van der Waals surface area contributed by atoms with E-state index in [1.165, 1.54) is 50.5 Å². The molecule has 1 aromatic heterocycles. The normalized spacial score (nSPS) is 17.8. The van der Waals surface area contributed by atoms with Crippen LogP contribution in [0.5, 0.6) is 0 Å². The third-order valence-electron chi connectivity index (χ3n) is 4.19. The first-order chi connectivity index (χ1) is 9.24. The smallest absolute Gasteiger partial charge is 0.123 e. The summed E-state index contributed by atoms with van der Waals surface area (Å²) in [4.78, 5) is 2.53. The number of halogens is 1. The lowest BCUT2D eigenvalue weighted by molar-refractivity contribution is 0.271. The van der Waals surface area contributed by atoms with Crippen molar-refractivity contribution in [3.8, 4) is 0 Å². The van der Waals surface area contributed by atoms with Crippen LogP contribution in [0.1, 0.15) is 31.4 Å². The molecule has 2 aromatic rings. The van der Waals surface area contributed by atoms with E-state index in [0.29, 0.717) is 0 Å². The average molecular weight is 260 g/mol. The molecule has 0 aliphatic carbocycles. The zero-order valence-electron chi connectivity index (χ0n) is 11.5. The first-order valence-corrected chi connectivity index (χ1v) is 7.20. The number of rotatable bonds is 2. The summed E-state index contributed by atoms with van der Waals surface area (Å²) < 4.78 is 15.5. The average Bonchev–Trinajstić information content (AvgIpc) is 2.58. The van der Waals surface area contributed by atoms with Crippen molar-refractivity contribution >= 4 is 10.9 Å². The molecule has 19 heavy (non-hydrogen) atoms. The fraction of sp³-hybridized carbons (Fsp3) is 0.500. The van der Waals surface area contributed by atoms with E-state index in [9.17, 15) is 4.39 Å². The van der Waals surface area contributed by atoms with Crippen molar-refractivity contribution in [2.75, 3.05) is 13.1 Å². The van der Waals surface area contributed by atoms with Crippen molar-refractivity contribution in [1.82, 2.24) is 9.47 Å². The van der Waals surface area contributed by atoms with Crippen LogP contribution in [0.2, 0.25) is 0 Å². The highest BCUT2D eigenvalue weighted by atomic mass is 19.1. The molecule has 2 heterocycles. The minimum absolute atomic E-state index is 0.153. The van der Waals surface area contributed by atoms with E-state index >= 15 is 0 Å². The Balaban J connectivity index is 1.85. The Bertz CT molecular complexity index is 565. The minimum atomic E-state index is -0.153. The third-order valence-corrected chi connectivity index (χ3v) is 4.19. The van der Waals surface area contributed by atoms with E-state index < -0.39 is 0 Å². The van der Waals surface area contributed by atoms with Gasteiger partial charge in [-0.25, -0.2) is 4.39 Å². The molecule has 1 fully saturated rings. The summed E-state index contributed by atoms with van der Waals surface area (Å²) in [5.41, 5.74) is 2.40. The topological polar surface area (TPSA) is 8.17 Å². The second-order valence-electron chi connectivity index (χ2n) is 5.59. The van der Waals surface area contributed by atoms with Gasteiger partial charge in [0.25, 0.3) is 0 Å². The van der Waals surface area contributed by atoms with Crippen molar-refractivity contribution in [2.45, 2.75) is 32.2 Å². The van der Waals surface area contributed by atoms with E-state index in [0.717, 1.165) is 17.4 Å². The predicted molar refractivity (Wildman–Crippen MR) is 76.6 cm³/mol. The zero-order valence-corrected chi connectivity index (χ0v) is 11.5. The van der Waals surface area contributed by atoms with Crippen LogP contribution in [-0.4, -0.2) is 22.6 Å².